The molecule has 0 spiro atoms. The maximum Gasteiger partial charge on any atom is 1.00 e. The molecule has 0 aliphatic carbocycles. The van der Waals surface area contributed by atoms with Crippen molar-refractivity contribution in [2.45, 2.75) is 11.8 Å². The molecule has 1 aromatic rings. The molecule has 1 atom stereocenters. The van der Waals surface area contributed by atoms with Crippen molar-refractivity contribution in [1.29, 1.82) is 0 Å². The largest absolute Gasteiger partial charge is 1.00 e. The quantitative estimate of drug-likeness (QED) is 0.460. The van der Waals surface area contributed by atoms with Crippen LogP contribution in [0.2, 0.25) is 5.02 Å². The maximum atomic E-state index is 12.7. The molecular formula is C7H5ClFNaO2S. The van der Waals surface area contributed by atoms with Crippen molar-refractivity contribution in [2.24, 2.45) is 0 Å². The van der Waals surface area contributed by atoms with E-state index < -0.39 is 16.9 Å². The van der Waals surface area contributed by atoms with Gasteiger partial charge in [0.25, 0.3) is 0 Å². The molecule has 2 nitrogen and oxygen atoms in total. The van der Waals surface area contributed by atoms with Gasteiger partial charge in [0, 0.05) is 4.90 Å². The predicted molar refractivity (Wildman–Crippen MR) is 43.3 cm³/mol. The molecule has 1 unspecified atom stereocenters. The molecule has 0 bridgehead atoms. The summed E-state index contributed by atoms with van der Waals surface area (Å²) in [5.41, 5.74) is 0.263. The van der Waals surface area contributed by atoms with Crippen molar-refractivity contribution in [3.63, 3.8) is 0 Å². The summed E-state index contributed by atoms with van der Waals surface area (Å²) < 4.78 is 33.7. The Morgan fingerprint density at radius 3 is 2.54 bits per heavy atom. The van der Waals surface area contributed by atoms with Crippen molar-refractivity contribution >= 4 is 22.7 Å². The first-order valence-corrected chi connectivity index (χ1v) is 4.52. The summed E-state index contributed by atoms with van der Waals surface area (Å²) in [5.74, 6) is -0.505. The van der Waals surface area contributed by atoms with Gasteiger partial charge in [-0.1, -0.05) is 11.6 Å². The van der Waals surface area contributed by atoms with Crippen LogP contribution >= 0.6 is 11.6 Å². The fourth-order valence-corrected chi connectivity index (χ4v) is 1.59. The summed E-state index contributed by atoms with van der Waals surface area (Å²) in [6, 6.07) is 2.18. The van der Waals surface area contributed by atoms with Gasteiger partial charge in [0.15, 0.2) is 0 Å². The first kappa shape index (κ1) is 13.5. The molecule has 0 aliphatic rings. The Bertz CT molecular complexity index is 346. The molecule has 0 saturated carbocycles. The monoisotopic (exact) mass is 230 g/mol. The molecule has 1 aromatic carbocycles. The molecule has 0 amide bonds. The zero-order valence-electron chi connectivity index (χ0n) is 7.14. The van der Waals surface area contributed by atoms with Crippen LogP contribution in [0.15, 0.2) is 17.0 Å². The Kier molecular flexibility index (Phi) is 5.67. The first-order valence-electron chi connectivity index (χ1n) is 3.07. The summed E-state index contributed by atoms with van der Waals surface area (Å²) in [6.07, 6.45) is 0. The van der Waals surface area contributed by atoms with Gasteiger partial charge in [-0.25, -0.2) is 4.39 Å². The second-order valence-corrected chi connectivity index (χ2v) is 3.58. The molecule has 0 radical (unpaired) electrons. The minimum Gasteiger partial charge on any atom is -0.768 e. The first-order chi connectivity index (χ1) is 5.52. The van der Waals surface area contributed by atoms with E-state index in [1.54, 1.807) is 0 Å². The van der Waals surface area contributed by atoms with E-state index >= 15 is 0 Å². The number of hydrogen-bond donors (Lipinski definition) is 0. The minimum absolute atomic E-state index is 0. The van der Waals surface area contributed by atoms with Gasteiger partial charge in [-0.2, -0.15) is 0 Å². The van der Waals surface area contributed by atoms with Gasteiger partial charge in [0.1, 0.15) is 5.82 Å². The predicted octanol–water partition coefficient (Wildman–Crippen LogP) is -0.970. The van der Waals surface area contributed by atoms with Crippen molar-refractivity contribution in [1.82, 2.24) is 0 Å². The van der Waals surface area contributed by atoms with Gasteiger partial charge in [-0.15, -0.1) is 0 Å². The van der Waals surface area contributed by atoms with Crippen LogP contribution in [0, 0.1) is 12.7 Å². The average molecular weight is 231 g/mol. The van der Waals surface area contributed by atoms with Crippen LogP contribution < -0.4 is 29.6 Å². The molecule has 13 heavy (non-hydrogen) atoms. The van der Waals surface area contributed by atoms with Crippen LogP contribution in [0.5, 0.6) is 0 Å². The van der Waals surface area contributed by atoms with E-state index in [-0.39, 0.29) is 45.0 Å². The summed E-state index contributed by atoms with van der Waals surface area (Å²) >= 11 is 3.06. The Hall–Kier alpha value is 0.550. The smallest absolute Gasteiger partial charge is 0.768 e. The number of hydrogen-bond acceptors (Lipinski definition) is 2. The van der Waals surface area contributed by atoms with Gasteiger partial charge in [-0.3, -0.25) is 4.21 Å². The fourth-order valence-electron chi connectivity index (χ4n) is 0.758. The third-order valence-corrected chi connectivity index (χ3v) is 2.51. The maximum absolute atomic E-state index is 12.7. The van der Waals surface area contributed by atoms with E-state index in [9.17, 15) is 13.2 Å². The summed E-state index contributed by atoms with van der Waals surface area (Å²) in [6.45, 7) is 1.47. The van der Waals surface area contributed by atoms with Crippen LogP contribution in [-0.4, -0.2) is 8.76 Å². The van der Waals surface area contributed by atoms with Crippen LogP contribution in [0.25, 0.3) is 0 Å². The van der Waals surface area contributed by atoms with E-state index in [1.807, 2.05) is 0 Å². The second-order valence-electron chi connectivity index (χ2n) is 2.27. The molecular weight excluding hydrogens is 226 g/mol. The summed E-state index contributed by atoms with van der Waals surface area (Å²) in [7, 11) is 0. The Morgan fingerprint density at radius 1 is 1.54 bits per heavy atom. The van der Waals surface area contributed by atoms with Crippen LogP contribution in [0.3, 0.4) is 0 Å². The number of aryl methyl sites for hydroxylation is 1. The molecule has 0 N–H and O–H groups in total. The van der Waals surface area contributed by atoms with Crippen LogP contribution in [0.1, 0.15) is 5.56 Å². The third kappa shape index (κ3) is 3.31. The van der Waals surface area contributed by atoms with Crippen molar-refractivity contribution in [3.05, 3.63) is 28.5 Å². The molecule has 6 heteroatoms. The molecule has 0 saturated heterocycles. The van der Waals surface area contributed by atoms with E-state index in [0.717, 1.165) is 6.07 Å². The van der Waals surface area contributed by atoms with Crippen LogP contribution in [0.4, 0.5) is 4.39 Å². The molecule has 66 valence electrons. The summed E-state index contributed by atoms with van der Waals surface area (Å²) in [5, 5.41) is -0.0913. The average Bonchev–Trinajstić information content (AvgIpc) is 1.96. The molecule has 0 aliphatic heterocycles. The SMILES string of the molecule is Cc1cc(S(=O)[O-])c(Cl)cc1F.[Na+]. The zero-order chi connectivity index (χ0) is 9.30. The number of halogens is 2. The normalized spacial score (nSPS) is 12.0. The summed E-state index contributed by atoms with van der Waals surface area (Å²) in [4.78, 5) is -0.0735. The van der Waals surface area contributed by atoms with Crippen molar-refractivity contribution in [2.75, 3.05) is 0 Å². The second kappa shape index (κ2) is 5.44. The van der Waals surface area contributed by atoms with E-state index in [1.165, 1.54) is 13.0 Å². The van der Waals surface area contributed by atoms with Gasteiger partial charge < -0.3 is 4.55 Å². The van der Waals surface area contributed by atoms with Crippen molar-refractivity contribution in [3.8, 4) is 0 Å². The van der Waals surface area contributed by atoms with E-state index in [4.69, 9.17) is 11.6 Å². The van der Waals surface area contributed by atoms with Gasteiger partial charge in [0.2, 0.25) is 0 Å². The molecule has 0 aromatic heterocycles. The molecule has 0 fully saturated rings. The molecule has 1 rings (SSSR count). The molecule has 0 heterocycles. The van der Waals surface area contributed by atoms with Gasteiger partial charge in [-0.05, 0) is 35.7 Å². The third-order valence-electron chi connectivity index (χ3n) is 1.39. The van der Waals surface area contributed by atoms with E-state index in [0.29, 0.717) is 0 Å². The van der Waals surface area contributed by atoms with Gasteiger partial charge in [0.05, 0.1) is 5.02 Å². The topological polar surface area (TPSA) is 40.1 Å². The zero-order valence-corrected chi connectivity index (χ0v) is 10.7. The van der Waals surface area contributed by atoms with E-state index in [2.05, 4.69) is 0 Å². The Morgan fingerprint density at radius 2 is 2.08 bits per heavy atom. The number of benzene rings is 1. The number of rotatable bonds is 1. The van der Waals surface area contributed by atoms with Gasteiger partial charge >= 0.3 is 29.6 Å². The Labute approximate surface area is 105 Å². The van der Waals surface area contributed by atoms with Crippen LogP contribution in [-0.2, 0) is 11.1 Å². The Balaban J connectivity index is 0.00000144. The van der Waals surface area contributed by atoms with Crippen molar-refractivity contribution < 1.29 is 42.7 Å². The standard InChI is InChI=1S/C7H6ClFO2S.Na/c1-4-2-7(12(10)11)5(8)3-6(4)9;/h2-3H,1H3,(H,10,11);/q;+1/p-1. The minimum atomic E-state index is -2.41. The fraction of sp³-hybridized carbons (Fsp3) is 0.143.